The third-order valence-corrected chi connectivity index (χ3v) is 4.07. The molecule has 27 heavy (non-hydrogen) atoms. The van der Waals surface area contributed by atoms with Crippen molar-refractivity contribution < 1.29 is 14.6 Å². The first-order valence-electron chi connectivity index (χ1n) is 8.54. The van der Waals surface area contributed by atoms with Gasteiger partial charge in [-0.3, -0.25) is 14.2 Å². The summed E-state index contributed by atoms with van der Waals surface area (Å²) < 4.78 is 6.71. The lowest BCUT2D eigenvalue weighted by atomic mass is 10.1. The number of para-hydroxylation sites is 2. The van der Waals surface area contributed by atoms with E-state index in [2.05, 4.69) is 5.32 Å². The predicted octanol–water partition coefficient (Wildman–Crippen LogP) is 3.19. The van der Waals surface area contributed by atoms with Gasteiger partial charge < -0.3 is 15.2 Å². The van der Waals surface area contributed by atoms with Gasteiger partial charge in [-0.1, -0.05) is 36.4 Å². The van der Waals surface area contributed by atoms with Crippen LogP contribution in [0.3, 0.4) is 0 Å². The minimum atomic E-state index is -0.478. The zero-order chi connectivity index (χ0) is 19.2. The molecule has 138 valence electrons. The second-order valence-electron chi connectivity index (χ2n) is 6.00. The van der Waals surface area contributed by atoms with E-state index in [1.807, 2.05) is 24.3 Å². The molecular weight excluding hydrogens is 344 g/mol. The van der Waals surface area contributed by atoms with Gasteiger partial charge in [0.15, 0.2) is 0 Å². The fourth-order valence-electron chi connectivity index (χ4n) is 2.73. The zero-order valence-electron chi connectivity index (χ0n) is 14.9. The highest BCUT2D eigenvalue weighted by Crippen LogP contribution is 2.21. The molecule has 0 bridgehead atoms. The molecule has 0 aliphatic heterocycles. The molecule has 0 fully saturated rings. The lowest BCUT2D eigenvalue weighted by Gasteiger charge is -2.15. The van der Waals surface area contributed by atoms with Gasteiger partial charge in [0.25, 0.3) is 11.5 Å². The summed E-state index contributed by atoms with van der Waals surface area (Å²) >= 11 is 0. The van der Waals surface area contributed by atoms with Crippen LogP contribution >= 0.6 is 0 Å². The predicted molar refractivity (Wildman–Crippen MR) is 103 cm³/mol. The Balaban J connectivity index is 1.80. The van der Waals surface area contributed by atoms with Crippen molar-refractivity contribution in [1.82, 2.24) is 4.57 Å². The number of nitrogens with one attached hydrogen (secondary N) is 1. The van der Waals surface area contributed by atoms with Gasteiger partial charge >= 0.3 is 0 Å². The van der Waals surface area contributed by atoms with Crippen LogP contribution in [0.25, 0.3) is 0 Å². The molecule has 0 atom stereocenters. The maximum absolute atomic E-state index is 12.6. The van der Waals surface area contributed by atoms with Crippen molar-refractivity contribution >= 4 is 11.6 Å². The zero-order valence-corrected chi connectivity index (χ0v) is 14.9. The third-order valence-electron chi connectivity index (χ3n) is 4.07. The molecule has 2 aromatic carbocycles. The molecule has 1 amide bonds. The van der Waals surface area contributed by atoms with Crippen LogP contribution in [0.2, 0.25) is 0 Å². The van der Waals surface area contributed by atoms with Crippen LogP contribution in [0.5, 0.6) is 11.6 Å². The van der Waals surface area contributed by atoms with Crippen molar-refractivity contribution in [3.63, 3.8) is 0 Å². The molecule has 0 saturated heterocycles. The number of nitrogens with zero attached hydrogens (tertiary/aromatic N) is 1. The molecule has 0 aliphatic carbocycles. The number of rotatable bonds is 6. The Morgan fingerprint density at radius 1 is 1.07 bits per heavy atom. The number of hydrogen-bond donors (Lipinski definition) is 2. The fourth-order valence-corrected chi connectivity index (χ4v) is 2.73. The van der Waals surface area contributed by atoms with Crippen molar-refractivity contribution in [2.75, 3.05) is 11.9 Å². The number of aromatic hydroxyl groups is 1. The van der Waals surface area contributed by atoms with Crippen molar-refractivity contribution in [3.05, 3.63) is 88.2 Å². The summed E-state index contributed by atoms with van der Waals surface area (Å²) in [4.78, 5) is 24.8. The summed E-state index contributed by atoms with van der Waals surface area (Å²) in [5.74, 6) is -0.182. The van der Waals surface area contributed by atoms with E-state index in [1.165, 1.54) is 6.07 Å². The van der Waals surface area contributed by atoms with E-state index in [-0.39, 0.29) is 24.6 Å². The summed E-state index contributed by atoms with van der Waals surface area (Å²) in [6.07, 6.45) is 0. The second-order valence-corrected chi connectivity index (χ2v) is 6.00. The van der Waals surface area contributed by atoms with Gasteiger partial charge in [0.05, 0.1) is 6.54 Å². The number of carbonyl (C=O) groups is 1. The van der Waals surface area contributed by atoms with Gasteiger partial charge in [-0.15, -0.1) is 0 Å². The number of anilines is 1. The van der Waals surface area contributed by atoms with Gasteiger partial charge in [-0.25, -0.2) is 0 Å². The van der Waals surface area contributed by atoms with Crippen LogP contribution in [-0.4, -0.2) is 22.2 Å². The third kappa shape index (κ3) is 4.36. The van der Waals surface area contributed by atoms with Crippen LogP contribution in [0, 0.1) is 6.92 Å². The van der Waals surface area contributed by atoms with Crippen LogP contribution in [0.4, 0.5) is 5.69 Å². The highest BCUT2D eigenvalue weighted by atomic mass is 16.5. The van der Waals surface area contributed by atoms with E-state index in [4.69, 9.17) is 4.74 Å². The Morgan fingerprint density at radius 3 is 2.37 bits per heavy atom. The molecule has 0 aliphatic rings. The average molecular weight is 364 g/mol. The number of carbonyl (C=O) groups excluding carboxylic acids is 1. The number of aromatic nitrogens is 1. The lowest BCUT2D eigenvalue weighted by Crippen LogP contribution is -2.26. The summed E-state index contributed by atoms with van der Waals surface area (Å²) in [5.41, 5.74) is 0.689. The quantitative estimate of drug-likeness (QED) is 0.704. The van der Waals surface area contributed by atoms with Crippen LogP contribution < -0.4 is 15.6 Å². The molecule has 0 unspecified atom stereocenters. The maximum Gasteiger partial charge on any atom is 0.261 e. The summed E-state index contributed by atoms with van der Waals surface area (Å²) in [6.45, 7) is 1.91. The molecule has 0 spiro atoms. The molecule has 1 aromatic heterocycles. The maximum atomic E-state index is 12.6. The molecular formula is C21H20N2O4. The molecule has 6 nitrogen and oxygen atoms in total. The second kappa shape index (κ2) is 8.23. The van der Waals surface area contributed by atoms with E-state index in [9.17, 15) is 14.7 Å². The molecule has 3 rings (SSSR count). The number of pyridine rings is 1. The minimum absolute atomic E-state index is 0.0677. The highest BCUT2D eigenvalue weighted by molar-refractivity contribution is 6.06. The monoisotopic (exact) mass is 364 g/mol. The summed E-state index contributed by atoms with van der Waals surface area (Å²) in [6, 6.07) is 19.4. The number of hydrogen-bond acceptors (Lipinski definition) is 4. The van der Waals surface area contributed by atoms with E-state index < -0.39 is 11.5 Å². The van der Waals surface area contributed by atoms with E-state index in [1.54, 1.807) is 43.3 Å². The van der Waals surface area contributed by atoms with Gasteiger partial charge in [-0.05, 0) is 36.8 Å². The number of aryl methyl sites for hydroxylation is 1. The van der Waals surface area contributed by atoms with E-state index in [0.717, 1.165) is 4.57 Å². The topological polar surface area (TPSA) is 80.6 Å². The molecule has 6 heteroatoms. The summed E-state index contributed by atoms with van der Waals surface area (Å²) in [5, 5.41) is 13.3. The SMILES string of the molecule is Cc1cc(=O)n(CCOc2ccccc2)c(O)c1C(=O)Nc1ccccc1. The first-order chi connectivity index (χ1) is 13.1. The van der Waals surface area contributed by atoms with Crippen molar-refractivity contribution in [2.45, 2.75) is 13.5 Å². The molecule has 1 heterocycles. The Bertz CT molecular complexity index is 982. The number of benzene rings is 2. The van der Waals surface area contributed by atoms with E-state index >= 15 is 0 Å². The first-order valence-corrected chi connectivity index (χ1v) is 8.54. The van der Waals surface area contributed by atoms with Gasteiger partial charge in [0.2, 0.25) is 5.88 Å². The van der Waals surface area contributed by atoms with Crippen LogP contribution in [0.1, 0.15) is 15.9 Å². The van der Waals surface area contributed by atoms with Crippen molar-refractivity contribution in [1.29, 1.82) is 0 Å². The fraction of sp³-hybridized carbons (Fsp3) is 0.143. The van der Waals surface area contributed by atoms with Gasteiger partial charge in [-0.2, -0.15) is 0 Å². The first kappa shape index (κ1) is 18.3. The van der Waals surface area contributed by atoms with Crippen LogP contribution in [-0.2, 0) is 6.54 Å². The molecule has 2 N–H and O–H groups in total. The average Bonchev–Trinajstić information content (AvgIpc) is 2.66. The molecule has 3 aromatic rings. The smallest absolute Gasteiger partial charge is 0.261 e. The highest BCUT2D eigenvalue weighted by Gasteiger charge is 2.19. The lowest BCUT2D eigenvalue weighted by molar-refractivity contribution is 0.102. The standard InChI is InChI=1S/C21H20N2O4/c1-15-14-18(24)23(12-13-27-17-10-6-3-7-11-17)21(26)19(15)20(25)22-16-8-4-2-5-9-16/h2-11,14,26H,12-13H2,1H3,(H,22,25). The van der Waals surface area contributed by atoms with Crippen LogP contribution in [0.15, 0.2) is 71.5 Å². The van der Waals surface area contributed by atoms with Gasteiger partial charge in [0.1, 0.15) is 17.9 Å². The Kier molecular flexibility index (Phi) is 5.56. The summed E-state index contributed by atoms with van der Waals surface area (Å²) in [7, 11) is 0. The van der Waals surface area contributed by atoms with E-state index in [0.29, 0.717) is 17.0 Å². The van der Waals surface area contributed by atoms with Crippen molar-refractivity contribution in [3.8, 4) is 11.6 Å². The molecule has 0 saturated carbocycles. The minimum Gasteiger partial charge on any atom is -0.494 e. The van der Waals surface area contributed by atoms with Crippen molar-refractivity contribution in [2.24, 2.45) is 0 Å². The Hall–Kier alpha value is -3.54. The number of ether oxygens (including phenoxy) is 1. The normalized spacial score (nSPS) is 10.4. The molecule has 0 radical (unpaired) electrons. The van der Waals surface area contributed by atoms with Gasteiger partial charge in [0, 0.05) is 11.8 Å². The number of amides is 1. The Morgan fingerprint density at radius 2 is 1.70 bits per heavy atom. The largest absolute Gasteiger partial charge is 0.494 e. The Labute approximate surface area is 156 Å².